The van der Waals surface area contributed by atoms with Crippen molar-refractivity contribution in [3.05, 3.63) is 48.0 Å². The number of allylic oxidation sites excluding steroid dienone is 1. The monoisotopic (exact) mass is 275 g/mol. The van der Waals surface area contributed by atoms with Crippen molar-refractivity contribution < 1.29 is 14.3 Å². The minimum absolute atomic E-state index is 0.0616. The largest absolute Gasteiger partial charge is 0.445 e. The van der Waals surface area contributed by atoms with Gasteiger partial charge >= 0.3 is 6.09 Å². The molecule has 0 saturated carbocycles. The van der Waals surface area contributed by atoms with E-state index in [0.29, 0.717) is 0 Å². The van der Waals surface area contributed by atoms with Gasteiger partial charge in [0.05, 0.1) is 6.04 Å². The Kier molecular flexibility index (Phi) is 6.50. The zero-order valence-corrected chi connectivity index (χ0v) is 12.0. The molecule has 0 aliphatic rings. The lowest BCUT2D eigenvalue weighted by Crippen LogP contribution is -2.38. The maximum atomic E-state index is 11.8. The third kappa shape index (κ3) is 5.69. The van der Waals surface area contributed by atoms with Gasteiger partial charge in [0.15, 0.2) is 5.78 Å². The molecule has 0 aliphatic carbocycles. The maximum Gasteiger partial charge on any atom is 0.408 e. The molecule has 1 aromatic carbocycles. The average Bonchev–Trinajstić information content (AvgIpc) is 2.45. The molecule has 0 aromatic heterocycles. The summed E-state index contributed by atoms with van der Waals surface area (Å²) in [6.45, 7) is 7.57. The van der Waals surface area contributed by atoms with Crippen LogP contribution in [-0.4, -0.2) is 17.9 Å². The van der Waals surface area contributed by atoms with E-state index >= 15 is 0 Å². The summed E-state index contributed by atoms with van der Waals surface area (Å²) in [5.74, 6) is -0.0616. The molecule has 1 aromatic rings. The fourth-order valence-corrected chi connectivity index (χ4v) is 1.55. The van der Waals surface area contributed by atoms with Gasteiger partial charge in [-0.1, -0.05) is 49.4 Å². The molecule has 0 bridgehead atoms. The Morgan fingerprint density at radius 2 is 1.95 bits per heavy atom. The van der Waals surface area contributed by atoms with Gasteiger partial charge in [0, 0.05) is 6.42 Å². The zero-order chi connectivity index (χ0) is 15.0. The number of ketones is 1. The maximum absolute atomic E-state index is 11.8. The number of carbonyl (C=O) groups is 2. The van der Waals surface area contributed by atoms with Gasteiger partial charge in [-0.05, 0) is 18.9 Å². The second kappa shape index (κ2) is 8.15. The lowest BCUT2D eigenvalue weighted by molar-refractivity contribution is -0.120. The summed E-state index contributed by atoms with van der Waals surface area (Å²) in [5.41, 5.74) is 1.77. The number of amides is 1. The Hall–Kier alpha value is -2.10. The minimum Gasteiger partial charge on any atom is -0.445 e. The van der Waals surface area contributed by atoms with Gasteiger partial charge in [-0.2, -0.15) is 0 Å². The first-order valence-electron chi connectivity index (χ1n) is 6.69. The molecule has 0 spiro atoms. The predicted octanol–water partition coefficient (Wildman–Crippen LogP) is 3.23. The topological polar surface area (TPSA) is 55.4 Å². The molecule has 0 aliphatic heterocycles. The van der Waals surface area contributed by atoms with Crippen LogP contribution in [0.4, 0.5) is 4.79 Å². The quantitative estimate of drug-likeness (QED) is 0.777. The van der Waals surface area contributed by atoms with Crippen molar-refractivity contribution >= 4 is 11.9 Å². The zero-order valence-electron chi connectivity index (χ0n) is 12.0. The van der Waals surface area contributed by atoms with E-state index in [-0.39, 0.29) is 18.8 Å². The Morgan fingerprint density at radius 1 is 1.30 bits per heavy atom. The third-order valence-electron chi connectivity index (χ3n) is 2.95. The van der Waals surface area contributed by atoms with Crippen molar-refractivity contribution in [2.75, 3.05) is 0 Å². The number of hydrogen-bond donors (Lipinski definition) is 1. The van der Waals surface area contributed by atoms with Crippen LogP contribution < -0.4 is 5.32 Å². The van der Waals surface area contributed by atoms with Crippen molar-refractivity contribution in [2.45, 2.75) is 39.3 Å². The van der Waals surface area contributed by atoms with Crippen LogP contribution in [0.3, 0.4) is 0 Å². The molecular weight excluding hydrogens is 254 g/mol. The number of carbonyl (C=O) groups excluding carboxylic acids is 2. The number of nitrogens with one attached hydrogen (secondary N) is 1. The average molecular weight is 275 g/mol. The fraction of sp³-hybridized carbons (Fsp3) is 0.375. The lowest BCUT2D eigenvalue weighted by atomic mass is 10.0. The predicted molar refractivity (Wildman–Crippen MR) is 78.3 cm³/mol. The SMILES string of the molecule is C=C(CC)CC(=O)C(C)NC(=O)OCc1ccccc1. The second-order valence-corrected chi connectivity index (χ2v) is 4.67. The molecule has 0 saturated heterocycles. The van der Waals surface area contributed by atoms with Crippen LogP contribution in [0.15, 0.2) is 42.5 Å². The highest BCUT2D eigenvalue weighted by molar-refractivity contribution is 5.88. The summed E-state index contributed by atoms with van der Waals surface area (Å²) in [4.78, 5) is 23.4. The normalized spacial score (nSPS) is 11.5. The van der Waals surface area contributed by atoms with Crippen molar-refractivity contribution in [2.24, 2.45) is 0 Å². The number of benzene rings is 1. The highest BCUT2D eigenvalue weighted by Gasteiger charge is 2.16. The molecule has 1 unspecified atom stereocenters. The molecule has 0 heterocycles. The highest BCUT2D eigenvalue weighted by Crippen LogP contribution is 2.06. The van der Waals surface area contributed by atoms with Gasteiger partial charge in [0.1, 0.15) is 6.61 Å². The first-order chi connectivity index (χ1) is 9.52. The molecule has 4 nitrogen and oxygen atoms in total. The smallest absolute Gasteiger partial charge is 0.408 e. The van der Waals surface area contributed by atoms with Crippen LogP contribution in [-0.2, 0) is 16.1 Å². The van der Waals surface area contributed by atoms with E-state index in [4.69, 9.17) is 4.74 Å². The number of rotatable bonds is 7. The van der Waals surface area contributed by atoms with E-state index in [2.05, 4.69) is 11.9 Å². The number of hydrogen-bond acceptors (Lipinski definition) is 3. The molecule has 0 fully saturated rings. The summed E-state index contributed by atoms with van der Waals surface area (Å²) in [6.07, 6.45) is 0.463. The summed E-state index contributed by atoms with van der Waals surface area (Å²) in [5, 5.41) is 2.53. The van der Waals surface area contributed by atoms with Gasteiger partial charge < -0.3 is 10.1 Å². The summed E-state index contributed by atoms with van der Waals surface area (Å²) in [6, 6.07) is 8.81. The molecule has 108 valence electrons. The van der Waals surface area contributed by atoms with Crippen LogP contribution in [0.2, 0.25) is 0 Å². The van der Waals surface area contributed by atoms with E-state index < -0.39 is 12.1 Å². The van der Waals surface area contributed by atoms with Crippen molar-refractivity contribution in [1.82, 2.24) is 5.32 Å². The Morgan fingerprint density at radius 3 is 2.55 bits per heavy atom. The highest BCUT2D eigenvalue weighted by atomic mass is 16.5. The van der Waals surface area contributed by atoms with E-state index in [1.807, 2.05) is 37.3 Å². The minimum atomic E-state index is -0.586. The first kappa shape index (κ1) is 16.0. The Balaban J connectivity index is 2.34. The molecule has 1 atom stereocenters. The van der Waals surface area contributed by atoms with E-state index in [1.165, 1.54) is 0 Å². The van der Waals surface area contributed by atoms with Crippen LogP contribution >= 0.6 is 0 Å². The van der Waals surface area contributed by atoms with Crippen LogP contribution in [0.25, 0.3) is 0 Å². The fourth-order valence-electron chi connectivity index (χ4n) is 1.55. The van der Waals surface area contributed by atoms with Crippen LogP contribution in [0.5, 0.6) is 0 Å². The Labute approximate surface area is 119 Å². The number of alkyl carbamates (subject to hydrolysis) is 1. The number of Topliss-reactive ketones (excluding diaryl/α,β-unsaturated/α-hetero) is 1. The first-order valence-corrected chi connectivity index (χ1v) is 6.69. The molecule has 0 radical (unpaired) electrons. The standard InChI is InChI=1S/C16H21NO3/c1-4-12(2)10-15(18)13(3)17-16(19)20-11-14-8-6-5-7-9-14/h5-9,13H,2,4,10-11H2,1,3H3,(H,17,19). The molecule has 1 N–H and O–H groups in total. The van der Waals surface area contributed by atoms with Crippen LogP contribution in [0.1, 0.15) is 32.3 Å². The van der Waals surface area contributed by atoms with Gasteiger partial charge in [0.2, 0.25) is 0 Å². The van der Waals surface area contributed by atoms with E-state index in [0.717, 1.165) is 17.6 Å². The summed E-state index contributed by atoms with van der Waals surface area (Å²) < 4.78 is 5.06. The van der Waals surface area contributed by atoms with E-state index in [9.17, 15) is 9.59 Å². The third-order valence-corrected chi connectivity index (χ3v) is 2.95. The second-order valence-electron chi connectivity index (χ2n) is 4.67. The lowest BCUT2D eigenvalue weighted by Gasteiger charge is -2.13. The molecule has 1 rings (SSSR count). The molecular formula is C16H21NO3. The van der Waals surface area contributed by atoms with Crippen molar-refractivity contribution in [3.8, 4) is 0 Å². The van der Waals surface area contributed by atoms with Crippen molar-refractivity contribution in [1.29, 1.82) is 0 Å². The van der Waals surface area contributed by atoms with Gasteiger partial charge in [-0.25, -0.2) is 4.79 Å². The van der Waals surface area contributed by atoms with Gasteiger partial charge in [-0.3, -0.25) is 4.79 Å². The van der Waals surface area contributed by atoms with E-state index in [1.54, 1.807) is 6.92 Å². The van der Waals surface area contributed by atoms with Crippen molar-refractivity contribution in [3.63, 3.8) is 0 Å². The molecule has 4 heteroatoms. The Bertz CT molecular complexity index is 468. The number of ether oxygens (including phenoxy) is 1. The van der Waals surface area contributed by atoms with Crippen LogP contribution in [0, 0.1) is 0 Å². The summed E-state index contributed by atoms with van der Waals surface area (Å²) >= 11 is 0. The van der Waals surface area contributed by atoms with Gasteiger partial charge in [-0.15, -0.1) is 0 Å². The molecule has 1 amide bonds. The molecule has 20 heavy (non-hydrogen) atoms. The summed E-state index contributed by atoms with van der Waals surface area (Å²) in [7, 11) is 0. The van der Waals surface area contributed by atoms with Gasteiger partial charge in [0.25, 0.3) is 0 Å².